The van der Waals surface area contributed by atoms with Gasteiger partial charge in [-0.2, -0.15) is 18.2 Å². The number of carbonyl (C=O) groups excluding carboxylic acids is 1. The van der Waals surface area contributed by atoms with Crippen molar-refractivity contribution in [3.63, 3.8) is 0 Å². The lowest BCUT2D eigenvalue weighted by Crippen LogP contribution is -2.40. The third-order valence-electron chi connectivity index (χ3n) is 5.21. The normalized spacial score (nSPS) is 20.4. The molecule has 0 saturated heterocycles. The van der Waals surface area contributed by atoms with E-state index < -0.39 is 12.0 Å². The van der Waals surface area contributed by atoms with Gasteiger partial charge in [-0.15, -0.1) is 5.10 Å². The molecule has 3 N–H and O–H groups in total. The van der Waals surface area contributed by atoms with Gasteiger partial charge in [0.2, 0.25) is 5.91 Å². The number of aromatic nitrogens is 4. The van der Waals surface area contributed by atoms with Crippen molar-refractivity contribution in [2.75, 3.05) is 6.54 Å². The van der Waals surface area contributed by atoms with Crippen molar-refractivity contribution < 1.29 is 18.0 Å². The third kappa shape index (κ3) is 4.05. The Labute approximate surface area is 154 Å². The highest BCUT2D eigenvalue weighted by Crippen LogP contribution is 2.27. The largest absolute Gasteiger partial charge is 0.453 e. The molecule has 0 aromatic carbocycles. The van der Waals surface area contributed by atoms with Crippen molar-refractivity contribution in [3.05, 3.63) is 22.8 Å². The molecule has 148 valence electrons. The molecule has 1 aliphatic carbocycles. The minimum atomic E-state index is -4.63. The highest BCUT2D eigenvalue weighted by Gasteiger charge is 2.37. The van der Waals surface area contributed by atoms with E-state index in [1.165, 1.54) is 0 Å². The molecule has 0 bridgehead atoms. The summed E-state index contributed by atoms with van der Waals surface area (Å²) in [4.78, 5) is 19.9. The molecule has 2 heterocycles. The molecule has 2 atom stereocenters. The van der Waals surface area contributed by atoms with Gasteiger partial charge in [0.05, 0.1) is 0 Å². The molecule has 2 unspecified atom stereocenters. The number of nitrogens with zero attached hydrogens (tertiary/aromatic N) is 4. The fourth-order valence-electron chi connectivity index (χ4n) is 3.72. The first-order chi connectivity index (χ1) is 12.7. The predicted octanol–water partition coefficient (Wildman–Crippen LogP) is 1.94. The maximum atomic E-state index is 12.8. The summed E-state index contributed by atoms with van der Waals surface area (Å²) in [7, 11) is 0. The van der Waals surface area contributed by atoms with Gasteiger partial charge in [0, 0.05) is 23.9 Å². The number of rotatable bonds is 5. The van der Waals surface area contributed by atoms with Crippen molar-refractivity contribution in [3.8, 4) is 0 Å². The van der Waals surface area contributed by atoms with E-state index in [0.717, 1.165) is 23.8 Å². The zero-order valence-corrected chi connectivity index (χ0v) is 15.3. The summed E-state index contributed by atoms with van der Waals surface area (Å²) in [5, 5.41) is 6.55. The number of amides is 1. The number of hydrogen-bond donors (Lipinski definition) is 2. The molecule has 1 saturated carbocycles. The molecule has 7 nitrogen and oxygen atoms in total. The molecular formula is C17H23F3N6O. The van der Waals surface area contributed by atoms with Crippen molar-refractivity contribution in [1.82, 2.24) is 24.9 Å². The molecule has 3 rings (SSSR count). The topological polar surface area (TPSA) is 98.2 Å². The number of halogens is 3. The molecule has 0 aliphatic heterocycles. The highest BCUT2D eigenvalue weighted by molar-refractivity contribution is 5.76. The van der Waals surface area contributed by atoms with Crippen LogP contribution in [0.1, 0.15) is 48.5 Å². The Bertz CT molecular complexity index is 847. The van der Waals surface area contributed by atoms with Crippen molar-refractivity contribution in [2.24, 2.45) is 11.7 Å². The minimum absolute atomic E-state index is 0.0891. The van der Waals surface area contributed by atoms with Crippen LogP contribution in [0, 0.1) is 19.8 Å². The number of alkyl halides is 3. The van der Waals surface area contributed by atoms with Crippen LogP contribution in [0.2, 0.25) is 0 Å². The van der Waals surface area contributed by atoms with Gasteiger partial charge in [0.25, 0.3) is 11.6 Å². The second-order valence-corrected chi connectivity index (χ2v) is 7.01. The van der Waals surface area contributed by atoms with E-state index in [1.807, 2.05) is 0 Å². The molecule has 10 heteroatoms. The maximum absolute atomic E-state index is 12.8. The first-order valence-electron chi connectivity index (χ1n) is 9.00. The molecular weight excluding hydrogens is 361 g/mol. The average molecular weight is 384 g/mol. The molecule has 0 radical (unpaired) electrons. The number of hydrogen-bond acceptors (Lipinski definition) is 5. The minimum Gasteiger partial charge on any atom is -0.353 e. The van der Waals surface area contributed by atoms with Crippen LogP contribution in [0.4, 0.5) is 13.2 Å². The van der Waals surface area contributed by atoms with Gasteiger partial charge in [-0.1, -0.05) is 6.42 Å². The molecule has 1 amide bonds. The fraction of sp³-hybridized carbons (Fsp3) is 0.647. The van der Waals surface area contributed by atoms with E-state index in [2.05, 4.69) is 20.4 Å². The second-order valence-electron chi connectivity index (χ2n) is 7.01. The van der Waals surface area contributed by atoms with Gasteiger partial charge < -0.3 is 11.1 Å². The molecule has 2 aromatic rings. The number of carbonyl (C=O) groups is 1. The van der Waals surface area contributed by atoms with Crippen molar-refractivity contribution in [2.45, 2.75) is 58.2 Å². The second kappa shape index (κ2) is 7.41. The number of aryl methyl sites for hydroxylation is 2. The Morgan fingerprint density at radius 3 is 2.70 bits per heavy atom. The van der Waals surface area contributed by atoms with Crippen LogP contribution >= 0.6 is 0 Å². The zero-order valence-electron chi connectivity index (χ0n) is 15.3. The van der Waals surface area contributed by atoms with Crippen LogP contribution in [0.5, 0.6) is 0 Å². The monoisotopic (exact) mass is 384 g/mol. The van der Waals surface area contributed by atoms with Gasteiger partial charge in [-0.3, -0.25) is 4.79 Å². The first-order valence-corrected chi connectivity index (χ1v) is 9.00. The summed E-state index contributed by atoms with van der Waals surface area (Å²) >= 11 is 0. The SMILES string of the molecule is Cc1nc2nc(C(F)(F)F)nn2c(C)c1CCC(=O)NC1CCCC1CN. The van der Waals surface area contributed by atoms with Crippen LogP contribution in [0.3, 0.4) is 0 Å². The van der Waals surface area contributed by atoms with E-state index >= 15 is 0 Å². The van der Waals surface area contributed by atoms with Crippen molar-refractivity contribution >= 4 is 11.7 Å². The summed E-state index contributed by atoms with van der Waals surface area (Å²) < 4.78 is 39.6. The quantitative estimate of drug-likeness (QED) is 0.821. The Morgan fingerprint density at radius 2 is 2.04 bits per heavy atom. The lowest BCUT2D eigenvalue weighted by atomic mass is 10.0. The highest BCUT2D eigenvalue weighted by atomic mass is 19.4. The summed E-state index contributed by atoms with van der Waals surface area (Å²) in [5.41, 5.74) is 7.50. The van der Waals surface area contributed by atoms with Crippen LogP contribution < -0.4 is 11.1 Å². The molecule has 1 aliphatic rings. The zero-order chi connectivity index (χ0) is 19.8. The lowest BCUT2D eigenvalue weighted by Gasteiger charge is -2.19. The standard InChI is InChI=1S/C17H23F3N6O/c1-9-12(6-7-14(27)23-13-5-3-4-11(13)8-21)10(2)26-16(22-9)24-15(25-26)17(18,19)20/h11,13H,3-8,21H2,1-2H3,(H,23,27). The number of nitrogens with two attached hydrogens (primary N) is 1. The molecule has 2 aromatic heterocycles. The van der Waals surface area contributed by atoms with Crippen LogP contribution in [0.15, 0.2) is 0 Å². The van der Waals surface area contributed by atoms with Gasteiger partial charge in [-0.25, -0.2) is 9.50 Å². The van der Waals surface area contributed by atoms with E-state index in [1.54, 1.807) is 13.8 Å². The van der Waals surface area contributed by atoms with Crippen LogP contribution in [0.25, 0.3) is 5.78 Å². The van der Waals surface area contributed by atoms with Crippen LogP contribution in [-0.2, 0) is 17.4 Å². The molecule has 0 spiro atoms. The van der Waals surface area contributed by atoms with Gasteiger partial charge >= 0.3 is 6.18 Å². The van der Waals surface area contributed by atoms with Gasteiger partial charge in [-0.05, 0) is 51.1 Å². The predicted molar refractivity (Wildman–Crippen MR) is 91.9 cm³/mol. The Kier molecular flexibility index (Phi) is 5.36. The third-order valence-corrected chi connectivity index (χ3v) is 5.21. The fourth-order valence-corrected chi connectivity index (χ4v) is 3.72. The summed E-state index contributed by atoms with van der Waals surface area (Å²) in [5.74, 6) is -1.09. The number of fused-ring (bicyclic) bond motifs is 1. The molecule has 1 fully saturated rings. The van der Waals surface area contributed by atoms with Gasteiger partial charge in [0.15, 0.2) is 0 Å². The first kappa shape index (κ1) is 19.5. The summed E-state index contributed by atoms with van der Waals surface area (Å²) in [6.45, 7) is 3.91. The van der Waals surface area contributed by atoms with E-state index in [0.29, 0.717) is 35.8 Å². The summed E-state index contributed by atoms with van der Waals surface area (Å²) in [6, 6.07) is 0.106. The average Bonchev–Trinajstić information content (AvgIpc) is 3.20. The van der Waals surface area contributed by atoms with Crippen molar-refractivity contribution in [1.29, 1.82) is 0 Å². The Morgan fingerprint density at radius 1 is 1.30 bits per heavy atom. The number of nitrogens with one attached hydrogen (secondary N) is 1. The molecule has 27 heavy (non-hydrogen) atoms. The Balaban J connectivity index is 1.73. The lowest BCUT2D eigenvalue weighted by molar-refractivity contribution is -0.144. The van der Waals surface area contributed by atoms with E-state index in [-0.39, 0.29) is 24.1 Å². The van der Waals surface area contributed by atoms with Gasteiger partial charge in [0.1, 0.15) is 0 Å². The van der Waals surface area contributed by atoms with E-state index in [4.69, 9.17) is 5.73 Å². The smallest absolute Gasteiger partial charge is 0.353 e. The van der Waals surface area contributed by atoms with Crippen LogP contribution in [-0.4, -0.2) is 38.1 Å². The maximum Gasteiger partial charge on any atom is 0.453 e. The summed E-state index contributed by atoms with van der Waals surface area (Å²) in [6.07, 6.45) is -1.03. The Hall–Kier alpha value is -2.23. The van der Waals surface area contributed by atoms with E-state index in [9.17, 15) is 18.0 Å².